The second-order valence-corrected chi connectivity index (χ2v) is 5.17. The van der Waals surface area contributed by atoms with Crippen LogP contribution in [0.2, 0.25) is 0 Å². The number of hydrogen-bond donors (Lipinski definition) is 0. The Morgan fingerprint density at radius 2 is 1.90 bits per heavy atom. The fourth-order valence-electron chi connectivity index (χ4n) is 1.72. The van der Waals surface area contributed by atoms with Gasteiger partial charge in [0.15, 0.2) is 0 Å². The van der Waals surface area contributed by atoms with Gasteiger partial charge in [0.1, 0.15) is 21.8 Å². The van der Waals surface area contributed by atoms with Crippen molar-refractivity contribution in [2.75, 3.05) is 6.61 Å². The summed E-state index contributed by atoms with van der Waals surface area (Å²) >= 11 is 1.43. The monoisotopic (exact) mass is 286 g/mol. The lowest BCUT2D eigenvalue weighted by molar-refractivity contribution is 0.317. The highest BCUT2D eigenvalue weighted by atomic mass is 32.1. The Labute approximate surface area is 121 Å². The van der Waals surface area contributed by atoms with Crippen LogP contribution < -0.4 is 9.47 Å². The van der Waals surface area contributed by atoms with Crippen LogP contribution in [0.5, 0.6) is 16.7 Å². The molecule has 0 aliphatic rings. The number of thiazole rings is 1. The lowest BCUT2D eigenvalue weighted by Gasteiger charge is -2.05. The number of nitrogens with zero attached hydrogens (tertiary/aromatic N) is 2. The molecule has 0 fully saturated rings. The maximum absolute atomic E-state index is 5.73. The van der Waals surface area contributed by atoms with Gasteiger partial charge in [-0.25, -0.2) is 9.97 Å². The zero-order valence-corrected chi connectivity index (χ0v) is 11.9. The summed E-state index contributed by atoms with van der Waals surface area (Å²) < 4.78 is 11.3. The lowest BCUT2D eigenvalue weighted by Crippen LogP contribution is -1.94. The van der Waals surface area contributed by atoms with Gasteiger partial charge < -0.3 is 9.47 Å². The van der Waals surface area contributed by atoms with Crippen molar-refractivity contribution in [1.82, 2.24) is 9.97 Å². The molecule has 2 aromatic heterocycles. The molecule has 0 spiro atoms. The standard InChI is InChI=1S/C15H14N2O2S/c1-2-10-18-11-5-7-12(8-6-11)19-15-17-13-4-3-9-16-14(13)20-15/h3-9H,2,10H2,1H3. The number of hydrogen-bond acceptors (Lipinski definition) is 5. The van der Waals surface area contributed by atoms with Crippen LogP contribution in [0, 0.1) is 0 Å². The molecule has 3 aromatic rings. The summed E-state index contributed by atoms with van der Waals surface area (Å²) in [7, 11) is 0. The van der Waals surface area contributed by atoms with E-state index >= 15 is 0 Å². The van der Waals surface area contributed by atoms with Gasteiger partial charge in [0.05, 0.1) is 6.61 Å². The quantitative estimate of drug-likeness (QED) is 0.702. The molecule has 20 heavy (non-hydrogen) atoms. The van der Waals surface area contributed by atoms with Gasteiger partial charge in [0.2, 0.25) is 0 Å². The highest BCUT2D eigenvalue weighted by Crippen LogP contribution is 2.30. The first-order valence-electron chi connectivity index (χ1n) is 6.47. The molecule has 0 aliphatic carbocycles. The third-order valence-electron chi connectivity index (χ3n) is 2.65. The summed E-state index contributed by atoms with van der Waals surface area (Å²) in [5, 5.41) is 0.598. The van der Waals surface area contributed by atoms with Crippen molar-refractivity contribution in [3.8, 4) is 16.7 Å². The van der Waals surface area contributed by atoms with Crippen molar-refractivity contribution in [2.45, 2.75) is 13.3 Å². The van der Waals surface area contributed by atoms with Crippen molar-refractivity contribution >= 4 is 21.7 Å². The van der Waals surface area contributed by atoms with Crippen LogP contribution >= 0.6 is 11.3 Å². The van der Waals surface area contributed by atoms with Crippen molar-refractivity contribution in [1.29, 1.82) is 0 Å². The van der Waals surface area contributed by atoms with Crippen LogP contribution in [0.25, 0.3) is 10.3 Å². The second-order valence-electron chi connectivity index (χ2n) is 4.23. The molecular formula is C15H14N2O2S. The number of aromatic nitrogens is 2. The first-order valence-corrected chi connectivity index (χ1v) is 7.29. The average Bonchev–Trinajstić information content (AvgIpc) is 2.89. The van der Waals surface area contributed by atoms with E-state index in [0.29, 0.717) is 5.19 Å². The highest BCUT2D eigenvalue weighted by molar-refractivity contribution is 7.19. The summed E-state index contributed by atoms with van der Waals surface area (Å²) in [6.45, 7) is 2.81. The fraction of sp³-hybridized carbons (Fsp3) is 0.200. The third-order valence-corrected chi connectivity index (χ3v) is 3.51. The molecule has 0 amide bonds. The molecule has 0 bridgehead atoms. The minimum absolute atomic E-state index is 0.598. The van der Waals surface area contributed by atoms with E-state index in [0.717, 1.165) is 34.9 Å². The fourth-order valence-corrected chi connectivity index (χ4v) is 2.50. The van der Waals surface area contributed by atoms with Crippen LogP contribution in [0.3, 0.4) is 0 Å². The van der Waals surface area contributed by atoms with Gasteiger partial charge in [-0.15, -0.1) is 0 Å². The van der Waals surface area contributed by atoms with Crippen LogP contribution in [-0.4, -0.2) is 16.6 Å². The molecule has 1 aromatic carbocycles. The van der Waals surface area contributed by atoms with Crippen LogP contribution in [0.4, 0.5) is 0 Å². The normalized spacial score (nSPS) is 10.7. The van der Waals surface area contributed by atoms with E-state index in [1.54, 1.807) is 6.20 Å². The van der Waals surface area contributed by atoms with Crippen molar-refractivity contribution in [3.63, 3.8) is 0 Å². The number of pyridine rings is 1. The van der Waals surface area contributed by atoms with Gasteiger partial charge in [-0.05, 0) is 42.8 Å². The Kier molecular flexibility index (Phi) is 3.78. The van der Waals surface area contributed by atoms with E-state index < -0.39 is 0 Å². The predicted molar refractivity (Wildman–Crippen MR) is 79.7 cm³/mol. The SMILES string of the molecule is CCCOc1ccc(Oc2nc3cccnc3s2)cc1. The van der Waals surface area contributed by atoms with Gasteiger partial charge in [-0.3, -0.25) is 0 Å². The van der Waals surface area contributed by atoms with Crippen LogP contribution in [-0.2, 0) is 0 Å². The molecule has 0 N–H and O–H groups in total. The topological polar surface area (TPSA) is 44.2 Å². The zero-order chi connectivity index (χ0) is 13.8. The zero-order valence-electron chi connectivity index (χ0n) is 11.1. The Balaban J connectivity index is 1.73. The molecule has 0 saturated heterocycles. The van der Waals surface area contributed by atoms with E-state index in [1.807, 2.05) is 36.4 Å². The molecule has 0 aliphatic heterocycles. The van der Waals surface area contributed by atoms with Gasteiger partial charge in [-0.2, -0.15) is 0 Å². The molecule has 0 unspecified atom stereocenters. The number of ether oxygens (including phenoxy) is 2. The lowest BCUT2D eigenvalue weighted by atomic mass is 10.3. The molecule has 0 atom stereocenters. The van der Waals surface area contributed by atoms with Crippen molar-refractivity contribution in [3.05, 3.63) is 42.6 Å². The van der Waals surface area contributed by atoms with E-state index in [9.17, 15) is 0 Å². The Hall–Kier alpha value is -2.14. The molecule has 3 rings (SSSR count). The van der Waals surface area contributed by atoms with E-state index in [1.165, 1.54) is 11.3 Å². The number of fused-ring (bicyclic) bond motifs is 1. The maximum Gasteiger partial charge on any atom is 0.281 e. The Morgan fingerprint density at radius 3 is 2.65 bits per heavy atom. The number of benzene rings is 1. The van der Waals surface area contributed by atoms with Gasteiger partial charge in [0.25, 0.3) is 5.19 Å². The summed E-state index contributed by atoms with van der Waals surface area (Å²) in [4.78, 5) is 9.51. The average molecular weight is 286 g/mol. The van der Waals surface area contributed by atoms with Gasteiger partial charge in [-0.1, -0.05) is 18.3 Å². The summed E-state index contributed by atoms with van der Waals surface area (Å²) in [5.74, 6) is 1.60. The second kappa shape index (κ2) is 5.88. The first-order chi connectivity index (χ1) is 9.85. The minimum atomic E-state index is 0.598. The smallest absolute Gasteiger partial charge is 0.281 e. The molecule has 102 valence electrons. The summed E-state index contributed by atoms with van der Waals surface area (Å²) in [6.07, 6.45) is 2.75. The van der Waals surface area contributed by atoms with Crippen molar-refractivity contribution < 1.29 is 9.47 Å². The Bertz CT molecular complexity index is 661. The Morgan fingerprint density at radius 1 is 1.10 bits per heavy atom. The third kappa shape index (κ3) is 2.88. The molecule has 0 radical (unpaired) electrons. The largest absolute Gasteiger partial charge is 0.494 e. The summed E-state index contributed by atoms with van der Waals surface area (Å²) in [6, 6.07) is 11.3. The first kappa shape index (κ1) is 12.9. The summed E-state index contributed by atoms with van der Waals surface area (Å²) in [5.41, 5.74) is 0.857. The van der Waals surface area contributed by atoms with Gasteiger partial charge in [0, 0.05) is 6.20 Å². The maximum atomic E-state index is 5.73. The molecule has 4 nitrogen and oxygen atoms in total. The molecule has 2 heterocycles. The van der Waals surface area contributed by atoms with Crippen molar-refractivity contribution in [2.24, 2.45) is 0 Å². The van der Waals surface area contributed by atoms with Crippen LogP contribution in [0.1, 0.15) is 13.3 Å². The number of rotatable bonds is 5. The van der Waals surface area contributed by atoms with Crippen LogP contribution in [0.15, 0.2) is 42.6 Å². The van der Waals surface area contributed by atoms with Gasteiger partial charge >= 0.3 is 0 Å². The minimum Gasteiger partial charge on any atom is -0.494 e. The predicted octanol–water partition coefficient (Wildman–Crippen LogP) is 4.27. The highest BCUT2D eigenvalue weighted by Gasteiger charge is 2.06. The molecular weight excluding hydrogens is 272 g/mol. The van der Waals surface area contributed by atoms with E-state index in [2.05, 4.69) is 16.9 Å². The molecule has 0 saturated carbocycles. The van der Waals surface area contributed by atoms with E-state index in [-0.39, 0.29) is 0 Å². The van der Waals surface area contributed by atoms with E-state index in [4.69, 9.17) is 9.47 Å². The molecule has 5 heteroatoms.